The number of sulfonamides is 1. The van der Waals surface area contributed by atoms with Crippen molar-refractivity contribution < 1.29 is 12.8 Å². The molecule has 0 spiro atoms. The number of benzene rings is 1. The molecule has 108 valence electrons. The quantitative estimate of drug-likeness (QED) is 0.826. The van der Waals surface area contributed by atoms with Crippen molar-refractivity contribution in [3.63, 3.8) is 0 Å². The highest BCUT2D eigenvalue weighted by Gasteiger charge is 2.24. The normalized spacial score (nSPS) is 12.4. The van der Waals surface area contributed by atoms with E-state index in [2.05, 4.69) is 0 Å². The second kappa shape index (κ2) is 6.42. The average molecular weight is 289 g/mol. The topological polar surface area (TPSA) is 66.6 Å². The van der Waals surface area contributed by atoms with Crippen LogP contribution in [0.25, 0.3) is 0 Å². The predicted octanol–water partition coefficient (Wildman–Crippen LogP) is 0.466. The van der Waals surface area contributed by atoms with Gasteiger partial charge in [0.1, 0.15) is 5.82 Å². The molecule has 0 amide bonds. The van der Waals surface area contributed by atoms with Gasteiger partial charge in [-0.25, -0.2) is 12.8 Å². The summed E-state index contributed by atoms with van der Waals surface area (Å²) in [6.07, 6.45) is 0. The van der Waals surface area contributed by atoms with Gasteiger partial charge in [-0.3, -0.25) is 0 Å². The van der Waals surface area contributed by atoms with Crippen LogP contribution in [0.1, 0.15) is 5.56 Å². The van der Waals surface area contributed by atoms with E-state index in [1.165, 1.54) is 23.5 Å². The number of likely N-dealkylation sites (N-methyl/N-ethyl adjacent to an activating group) is 2. The molecule has 1 rings (SSSR count). The number of rotatable bonds is 6. The van der Waals surface area contributed by atoms with E-state index in [0.29, 0.717) is 18.7 Å². The van der Waals surface area contributed by atoms with Gasteiger partial charge in [0.25, 0.3) is 0 Å². The largest absolute Gasteiger partial charge is 0.326 e. The summed E-state index contributed by atoms with van der Waals surface area (Å²) in [6.45, 7) is 0.967. The third kappa shape index (κ3) is 3.97. The van der Waals surface area contributed by atoms with Crippen molar-refractivity contribution in [3.05, 3.63) is 29.6 Å². The van der Waals surface area contributed by atoms with E-state index in [0.717, 1.165) is 6.07 Å². The first-order valence-corrected chi connectivity index (χ1v) is 7.32. The summed E-state index contributed by atoms with van der Waals surface area (Å²) >= 11 is 0. The van der Waals surface area contributed by atoms with Crippen LogP contribution >= 0.6 is 0 Å². The van der Waals surface area contributed by atoms with Gasteiger partial charge in [0.15, 0.2) is 0 Å². The zero-order valence-electron chi connectivity index (χ0n) is 11.4. The number of hydrogen-bond acceptors (Lipinski definition) is 4. The predicted molar refractivity (Wildman–Crippen MR) is 72.7 cm³/mol. The Kier molecular flexibility index (Phi) is 5.42. The fourth-order valence-corrected chi connectivity index (χ4v) is 2.97. The molecule has 1 aromatic carbocycles. The zero-order chi connectivity index (χ0) is 14.6. The lowest BCUT2D eigenvalue weighted by Crippen LogP contribution is -2.34. The minimum atomic E-state index is -3.71. The fourth-order valence-electron chi connectivity index (χ4n) is 1.57. The molecule has 1 aromatic rings. The summed E-state index contributed by atoms with van der Waals surface area (Å²) in [5.74, 6) is -0.586. The van der Waals surface area contributed by atoms with Crippen molar-refractivity contribution >= 4 is 10.0 Å². The Balaban J connectivity index is 3.09. The first-order valence-electron chi connectivity index (χ1n) is 5.88. The molecule has 0 aromatic heterocycles. The van der Waals surface area contributed by atoms with Crippen LogP contribution in [0.5, 0.6) is 0 Å². The fraction of sp³-hybridized carbons (Fsp3) is 0.500. The molecule has 0 unspecified atom stereocenters. The SMILES string of the molecule is CN(C)CCN(C)S(=O)(=O)c1cc(F)ccc1CN. The van der Waals surface area contributed by atoms with Crippen molar-refractivity contribution in [1.82, 2.24) is 9.21 Å². The van der Waals surface area contributed by atoms with Gasteiger partial charge in [0, 0.05) is 26.7 Å². The molecule has 2 N–H and O–H groups in total. The van der Waals surface area contributed by atoms with Gasteiger partial charge in [0.2, 0.25) is 10.0 Å². The summed E-state index contributed by atoms with van der Waals surface area (Å²) < 4.78 is 39.2. The van der Waals surface area contributed by atoms with Crippen LogP contribution in [0.2, 0.25) is 0 Å². The van der Waals surface area contributed by atoms with Gasteiger partial charge in [0.05, 0.1) is 4.90 Å². The monoisotopic (exact) mass is 289 g/mol. The Bertz CT molecular complexity index is 532. The van der Waals surface area contributed by atoms with Crippen molar-refractivity contribution in [1.29, 1.82) is 0 Å². The molecule has 5 nitrogen and oxygen atoms in total. The van der Waals surface area contributed by atoms with Gasteiger partial charge < -0.3 is 10.6 Å². The second-order valence-corrected chi connectivity index (χ2v) is 6.60. The zero-order valence-corrected chi connectivity index (χ0v) is 12.2. The summed E-state index contributed by atoms with van der Waals surface area (Å²) in [4.78, 5) is 1.82. The molecule has 0 aliphatic rings. The molecule has 7 heteroatoms. The molecule has 0 heterocycles. The third-order valence-electron chi connectivity index (χ3n) is 2.80. The molecule has 0 radical (unpaired) electrons. The van der Waals surface area contributed by atoms with Crippen molar-refractivity contribution in [3.8, 4) is 0 Å². The summed E-state index contributed by atoms with van der Waals surface area (Å²) in [5.41, 5.74) is 5.92. The number of nitrogens with two attached hydrogens (primary N) is 1. The van der Waals surface area contributed by atoms with Crippen LogP contribution in [0, 0.1) is 5.82 Å². The molecule has 0 fully saturated rings. The summed E-state index contributed by atoms with van der Waals surface area (Å²) in [6, 6.07) is 3.63. The van der Waals surface area contributed by atoms with Crippen LogP contribution in [-0.4, -0.2) is 51.9 Å². The van der Waals surface area contributed by atoms with E-state index in [4.69, 9.17) is 5.73 Å². The number of halogens is 1. The van der Waals surface area contributed by atoms with Gasteiger partial charge in [-0.1, -0.05) is 6.07 Å². The molecule has 19 heavy (non-hydrogen) atoms. The molecule has 0 aliphatic heterocycles. The maximum absolute atomic E-state index is 13.3. The lowest BCUT2D eigenvalue weighted by Gasteiger charge is -2.20. The van der Waals surface area contributed by atoms with Gasteiger partial charge >= 0.3 is 0 Å². The van der Waals surface area contributed by atoms with E-state index >= 15 is 0 Å². The van der Waals surface area contributed by atoms with Gasteiger partial charge in [-0.15, -0.1) is 0 Å². The minimum Gasteiger partial charge on any atom is -0.326 e. The smallest absolute Gasteiger partial charge is 0.243 e. The second-order valence-electron chi connectivity index (χ2n) is 4.59. The van der Waals surface area contributed by atoms with E-state index in [1.807, 2.05) is 19.0 Å². The summed E-state index contributed by atoms with van der Waals surface area (Å²) in [5, 5.41) is 0. The van der Waals surface area contributed by atoms with Crippen LogP contribution in [0.4, 0.5) is 4.39 Å². The Morgan fingerprint density at radius 2 is 1.84 bits per heavy atom. The summed E-state index contributed by atoms with van der Waals surface area (Å²) in [7, 11) is 1.47. The first-order chi connectivity index (χ1) is 8.78. The molecule has 0 aliphatic carbocycles. The third-order valence-corrected chi connectivity index (χ3v) is 4.74. The molecule has 0 saturated carbocycles. The maximum atomic E-state index is 13.3. The Hall–Kier alpha value is -1.02. The highest BCUT2D eigenvalue weighted by molar-refractivity contribution is 7.89. The van der Waals surface area contributed by atoms with E-state index in [1.54, 1.807) is 0 Å². The van der Waals surface area contributed by atoms with Gasteiger partial charge in [-0.2, -0.15) is 4.31 Å². The van der Waals surface area contributed by atoms with E-state index in [9.17, 15) is 12.8 Å². The van der Waals surface area contributed by atoms with Crippen molar-refractivity contribution in [2.45, 2.75) is 11.4 Å². The van der Waals surface area contributed by atoms with Crippen LogP contribution in [0.15, 0.2) is 23.1 Å². The number of nitrogens with zero attached hydrogens (tertiary/aromatic N) is 2. The highest BCUT2D eigenvalue weighted by atomic mass is 32.2. The lowest BCUT2D eigenvalue weighted by molar-refractivity contribution is 0.358. The van der Waals surface area contributed by atoms with Gasteiger partial charge in [-0.05, 0) is 31.8 Å². The Labute approximate surface area is 113 Å². The van der Waals surface area contributed by atoms with Crippen LogP contribution < -0.4 is 5.73 Å². The molecule has 0 saturated heterocycles. The molecular formula is C12H20FN3O2S. The van der Waals surface area contributed by atoms with E-state index < -0.39 is 15.8 Å². The molecular weight excluding hydrogens is 269 g/mol. The van der Waals surface area contributed by atoms with Crippen molar-refractivity contribution in [2.24, 2.45) is 5.73 Å². The standard InChI is InChI=1S/C12H20FN3O2S/c1-15(2)6-7-16(3)19(17,18)12-8-11(13)5-4-10(12)9-14/h4-5,8H,6-7,9,14H2,1-3H3. The molecule has 0 atom stereocenters. The first kappa shape index (κ1) is 16.0. The maximum Gasteiger partial charge on any atom is 0.243 e. The Morgan fingerprint density at radius 3 is 2.37 bits per heavy atom. The van der Waals surface area contributed by atoms with E-state index in [-0.39, 0.29) is 11.4 Å². The Morgan fingerprint density at radius 1 is 1.21 bits per heavy atom. The minimum absolute atomic E-state index is 0.0519. The highest BCUT2D eigenvalue weighted by Crippen LogP contribution is 2.20. The van der Waals surface area contributed by atoms with Crippen molar-refractivity contribution in [2.75, 3.05) is 34.2 Å². The molecule has 0 bridgehead atoms. The average Bonchev–Trinajstić information content (AvgIpc) is 2.35. The van der Waals surface area contributed by atoms with Crippen LogP contribution in [0.3, 0.4) is 0 Å². The lowest BCUT2D eigenvalue weighted by atomic mass is 10.2. The van der Waals surface area contributed by atoms with Crippen LogP contribution in [-0.2, 0) is 16.6 Å². The number of hydrogen-bond donors (Lipinski definition) is 1.